The molecule has 0 fully saturated rings. The van der Waals surface area contributed by atoms with E-state index in [1.807, 2.05) is 44.2 Å². The summed E-state index contributed by atoms with van der Waals surface area (Å²) in [6.07, 6.45) is 1.72. The van der Waals surface area contributed by atoms with E-state index in [1.165, 1.54) is 0 Å². The van der Waals surface area contributed by atoms with Crippen molar-refractivity contribution in [2.24, 2.45) is 0 Å². The molecule has 4 nitrogen and oxygen atoms in total. The van der Waals surface area contributed by atoms with Crippen LogP contribution in [0.5, 0.6) is 0 Å². The number of pyridine rings is 1. The Balaban J connectivity index is 2.39. The second kappa shape index (κ2) is 6.85. The molecule has 1 aromatic heterocycles. The lowest BCUT2D eigenvalue weighted by Crippen LogP contribution is -2.11. The number of aryl methyl sites for hydroxylation is 1. The van der Waals surface area contributed by atoms with Gasteiger partial charge in [0.1, 0.15) is 0 Å². The Morgan fingerprint density at radius 3 is 2.86 bits per heavy atom. The smallest absolute Gasteiger partial charge is 0.339 e. The molecular formula is C17H18N2O2. The monoisotopic (exact) mass is 282 g/mol. The second-order valence-corrected chi connectivity index (χ2v) is 4.83. The Labute approximate surface area is 124 Å². The van der Waals surface area contributed by atoms with Gasteiger partial charge in [0, 0.05) is 17.5 Å². The van der Waals surface area contributed by atoms with Crippen molar-refractivity contribution in [3.05, 3.63) is 41.1 Å². The maximum atomic E-state index is 12.4. The van der Waals surface area contributed by atoms with Crippen molar-refractivity contribution < 1.29 is 9.53 Å². The molecule has 0 spiro atoms. The van der Waals surface area contributed by atoms with Crippen LogP contribution >= 0.6 is 0 Å². The van der Waals surface area contributed by atoms with Crippen LogP contribution in [0.3, 0.4) is 0 Å². The van der Waals surface area contributed by atoms with Crippen molar-refractivity contribution in [1.82, 2.24) is 4.98 Å². The Bertz CT molecular complexity index is 702. The van der Waals surface area contributed by atoms with Crippen LogP contribution in [0.2, 0.25) is 0 Å². The Hall–Kier alpha value is -2.41. The molecule has 0 aliphatic heterocycles. The van der Waals surface area contributed by atoms with Crippen LogP contribution < -0.4 is 0 Å². The van der Waals surface area contributed by atoms with Crippen molar-refractivity contribution >= 4 is 16.9 Å². The van der Waals surface area contributed by atoms with Gasteiger partial charge in [-0.3, -0.25) is 4.98 Å². The van der Waals surface area contributed by atoms with Gasteiger partial charge in [0.05, 0.1) is 23.8 Å². The van der Waals surface area contributed by atoms with Crippen molar-refractivity contribution in [3.63, 3.8) is 0 Å². The highest BCUT2D eigenvalue weighted by atomic mass is 16.5. The zero-order valence-corrected chi connectivity index (χ0v) is 12.3. The van der Waals surface area contributed by atoms with Crippen molar-refractivity contribution in [3.8, 4) is 6.07 Å². The third-order valence-electron chi connectivity index (χ3n) is 3.44. The van der Waals surface area contributed by atoms with Gasteiger partial charge in [-0.05, 0) is 31.4 Å². The van der Waals surface area contributed by atoms with Crippen LogP contribution in [0.4, 0.5) is 0 Å². The van der Waals surface area contributed by atoms with Crippen LogP contribution in [0.15, 0.2) is 24.3 Å². The number of ether oxygens (including phenoxy) is 1. The molecular weight excluding hydrogens is 264 g/mol. The average molecular weight is 282 g/mol. The fraction of sp³-hybridized carbons (Fsp3) is 0.353. The highest BCUT2D eigenvalue weighted by Gasteiger charge is 2.18. The summed E-state index contributed by atoms with van der Waals surface area (Å²) < 4.78 is 5.30. The van der Waals surface area contributed by atoms with Gasteiger partial charge in [-0.2, -0.15) is 5.26 Å². The summed E-state index contributed by atoms with van der Waals surface area (Å²) in [5, 5.41) is 9.32. The molecule has 21 heavy (non-hydrogen) atoms. The van der Waals surface area contributed by atoms with Gasteiger partial charge in [0.25, 0.3) is 0 Å². The van der Waals surface area contributed by atoms with E-state index >= 15 is 0 Å². The first-order chi connectivity index (χ1) is 10.2. The second-order valence-electron chi connectivity index (χ2n) is 4.83. The van der Waals surface area contributed by atoms with Crippen LogP contribution in [0.1, 0.15) is 41.4 Å². The fourth-order valence-electron chi connectivity index (χ4n) is 2.35. The first-order valence-electron chi connectivity index (χ1n) is 7.11. The van der Waals surface area contributed by atoms with E-state index in [0.29, 0.717) is 18.4 Å². The number of nitrogens with zero attached hydrogens (tertiary/aromatic N) is 2. The van der Waals surface area contributed by atoms with E-state index in [1.54, 1.807) is 0 Å². The molecule has 0 radical (unpaired) electrons. The zero-order chi connectivity index (χ0) is 15.2. The largest absolute Gasteiger partial charge is 0.462 e. The van der Waals surface area contributed by atoms with Crippen molar-refractivity contribution in [2.75, 3.05) is 6.61 Å². The van der Waals surface area contributed by atoms with E-state index in [9.17, 15) is 4.79 Å². The van der Waals surface area contributed by atoms with Crippen molar-refractivity contribution in [1.29, 1.82) is 5.26 Å². The van der Waals surface area contributed by atoms with Crippen LogP contribution in [0, 0.1) is 18.3 Å². The maximum Gasteiger partial charge on any atom is 0.339 e. The van der Waals surface area contributed by atoms with E-state index in [2.05, 4.69) is 4.98 Å². The molecule has 0 saturated carbocycles. The molecule has 108 valence electrons. The van der Waals surface area contributed by atoms with Gasteiger partial charge in [-0.1, -0.05) is 25.1 Å². The van der Waals surface area contributed by atoms with Crippen LogP contribution in [0.25, 0.3) is 10.9 Å². The summed E-state index contributed by atoms with van der Waals surface area (Å²) in [5.74, 6) is -0.335. The van der Waals surface area contributed by atoms with Gasteiger partial charge < -0.3 is 4.74 Å². The summed E-state index contributed by atoms with van der Waals surface area (Å²) in [7, 11) is 0. The molecule has 1 aromatic carbocycles. The predicted molar refractivity (Wildman–Crippen MR) is 81.0 cm³/mol. The SMILES string of the molecule is CCc1nc2ccccc2c(C(=O)OCCCC#N)c1C. The fourth-order valence-corrected chi connectivity index (χ4v) is 2.35. The summed E-state index contributed by atoms with van der Waals surface area (Å²) in [4.78, 5) is 17.0. The highest BCUT2D eigenvalue weighted by Crippen LogP contribution is 2.24. The summed E-state index contributed by atoms with van der Waals surface area (Å²) in [5.41, 5.74) is 3.19. The normalized spacial score (nSPS) is 10.3. The first kappa shape index (κ1) is 15.0. The third-order valence-corrected chi connectivity index (χ3v) is 3.44. The molecule has 0 N–H and O–H groups in total. The van der Waals surface area contributed by atoms with Gasteiger partial charge >= 0.3 is 5.97 Å². The average Bonchev–Trinajstić information content (AvgIpc) is 2.50. The van der Waals surface area contributed by atoms with E-state index in [4.69, 9.17) is 10.00 Å². The number of benzene rings is 1. The Morgan fingerprint density at radius 1 is 1.38 bits per heavy atom. The maximum absolute atomic E-state index is 12.4. The molecule has 1 heterocycles. The van der Waals surface area contributed by atoms with Gasteiger partial charge in [-0.25, -0.2) is 4.79 Å². The Kier molecular flexibility index (Phi) is 4.89. The number of hydrogen-bond donors (Lipinski definition) is 0. The molecule has 0 aliphatic rings. The van der Waals surface area contributed by atoms with E-state index < -0.39 is 0 Å². The quantitative estimate of drug-likeness (QED) is 0.621. The molecule has 0 atom stereocenters. The molecule has 0 bridgehead atoms. The molecule has 4 heteroatoms. The number of carbonyl (C=O) groups excluding carboxylic acids is 1. The molecule has 0 unspecified atom stereocenters. The number of fused-ring (bicyclic) bond motifs is 1. The van der Waals surface area contributed by atoms with Crippen LogP contribution in [-0.4, -0.2) is 17.6 Å². The topological polar surface area (TPSA) is 63.0 Å². The van der Waals surface area contributed by atoms with E-state index in [-0.39, 0.29) is 12.6 Å². The van der Waals surface area contributed by atoms with Gasteiger partial charge in [0.15, 0.2) is 0 Å². The minimum atomic E-state index is -0.335. The minimum Gasteiger partial charge on any atom is -0.462 e. The lowest BCUT2D eigenvalue weighted by Gasteiger charge is -2.13. The highest BCUT2D eigenvalue weighted by molar-refractivity contribution is 6.04. The third kappa shape index (κ3) is 3.19. The summed E-state index contributed by atoms with van der Waals surface area (Å²) in [6, 6.07) is 9.63. The van der Waals surface area contributed by atoms with Gasteiger partial charge in [0.2, 0.25) is 0 Å². The van der Waals surface area contributed by atoms with Crippen LogP contribution in [-0.2, 0) is 11.2 Å². The Morgan fingerprint density at radius 2 is 2.14 bits per heavy atom. The predicted octanol–water partition coefficient (Wildman–Crippen LogP) is 3.57. The number of carbonyl (C=O) groups is 1. The lowest BCUT2D eigenvalue weighted by molar-refractivity contribution is 0.0503. The lowest BCUT2D eigenvalue weighted by atomic mass is 10.0. The van der Waals surface area contributed by atoms with Gasteiger partial charge in [-0.15, -0.1) is 0 Å². The minimum absolute atomic E-state index is 0.268. The molecule has 0 amide bonds. The number of hydrogen-bond acceptors (Lipinski definition) is 4. The molecule has 2 aromatic rings. The number of esters is 1. The molecule has 0 saturated heterocycles. The molecule has 2 rings (SSSR count). The standard InChI is InChI=1S/C17H18N2O2/c1-3-14-12(2)16(17(20)21-11-7-6-10-18)13-8-4-5-9-15(13)19-14/h4-5,8-9H,3,6-7,11H2,1-2H3. The zero-order valence-electron chi connectivity index (χ0n) is 12.3. The summed E-state index contributed by atoms with van der Waals surface area (Å²) in [6.45, 7) is 4.19. The number of para-hydroxylation sites is 1. The number of nitriles is 1. The number of aromatic nitrogens is 1. The number of unbranched alkanes of at least 4 members (excludes halogenated alkanes) is 1. The number of rotatable bonds is 5. The molecule has 0 aliphatic carbocycles. The van der Waals surface area contributed by atoms with Crippen molar-refractivity contribution in [2.45, 2.75) is 33.1 Å². The first-order valence-corrected chi connectivity index (χ1v) is 7.11. The van der Waals surface area contributed by atoms with E-state index in [0.717, 1.165) is 28.6 Å². The summed E-state index contributed by atoms with van der Waals surface area (Å²) >= 11 is 0.